The SMILES string of the molecule is C=CCNC(=O)[C@@H](NC(=O)c1ccccc1)C1CCN(C(=O)CC(C)(C)C)CC1. The molecule has 1 aliphatic heterocycles. The second-order valence-electron chi connectivity index (χ2n) is 8.81. The molecule has 1 aliphatic rings. The van der Waals surface area contributed by atoms with Gasteiger partial charge < -0.3 is 15.5 Å². The summed E-state index contributed by atoms with van der Waals surface area (Å²) in [6, 6.07) is 8.24. The summed E-state index contributed by atoms with van der Waals surface area (Å²) in [5.41, 5.74) is 0.469. The van der Waals surface area contributed by atoms with E-state index in [4.69, 9.17) is 0 Å². The number of carbonyl (C=O) groups excluding carboxylic acids is 3. The van der Waals surface area contributed by atoms with Crippen LogP contribution >= 0.6 is 0 Å². The molecule has 6 nitrogen and oxygen atoms in total. The van der Waals surface area contributed by atoms with Crippen LogP contribution < -0.4 is 10.6 Å². The van der Waals surface area contributed by atoms with Crippen molar-refractivity contribution in [3.05, 3.63) is 48.6 Å². The molecule has 0 aromatic heterocycles. The summed E-state index contributed by atoms with van der Waals surface area (Å²) >= 11 is 0. The average Bonchev–Trinajstić information content (AvgIpc) is 2.69. The lowest BCUT2D eigenvalue weighted by Crippen LogP contribution is -2.54. The lowest BCUT2D eigenvalue weighted by Gasteiger charge is -2.36. The van der Waals surface area contributed by atoms with Crippen LogP contribution in [-0.2, 0) is 9.59 Å². The minimum atomic E-state index is -0.637. The Morgan fingerprint density at radius 1 is 1.17 bits per heavy atom. The molecule has 3 amide bonds. The second kappa shape index (κ2) is 10.2. The Kier molecular flexibility index (Phi) is 8.00. The molecule has 1 saturated heterocycles. The Hall–Kier alpha value is -2.63. The maximum Gasteiger partial charge on any atom is 0.251 e. The maximum atomic E-state index is 12.7. The van der Waals surface area contributed by atoms with E-state index in [0.717, 1.165) is 0 Å². The van der Waals surface area contributed by atoms with Gasteiger partial charge >= 0.3 is 0 Å². The van der Waals surface area contributed by atoms with E-state index in [1.165, 1.54) is 0 Å². The molecule has 0 spiro atoms. The molecule has 0 saturated carbocycles. The second-order valence-corrected chi connectivity index (χ2v) is 8.81. The molecule has 1 aromatic rings. The molecule has 1 heterocycles. The highest BCUT2D eigenvalue weighted by atomic mass is 16.2. The van der Waals surface area contributed by atoms with Crippen molar-refractivity contribution in [2.45, 2.75) is 46.1 Å². The molecule has 0 radical (unpaired) electrons. The summed E-state index contributed by atoms with van der Waals surface area (Å²) in [5, 5.41) is 5.70. The number of hydrogen-bond acceptors (Lipinski definition) is 3. The van der Waals surface area contributed by atoms with Crippen LogP contribution in [0.2, 0.25) is 0 Å². The summed E-state index contributed by atoms with van der Waals surface area (Å²) < 4.78 is 0. The van der Waals surface area contributed by atoms with Gasteiger partial charge in [-0.3, -0.25) is 14.4 Å². The predicted molar refractivity (Wildman–Crippen MR) is 114 cm³/mol. The fraction of sp³-hybridized carbons (Fsp3) is 0.522. The monoisotopic (exact) mass is 399 g/mol. The minimum Gasteiger partial charge on any atom is -0.351 e. The first-order valence-corrected chi connectivity index (χ1v) is 10.2. The van der Waals surface area contributed by atoms with E-state index >= 15 is 0 Å². The third kappa shape index (κ3) is 7.04. The van der Waals surface area contributed by atoms with E-state index in [1.807, 2.05) is 11.0 Å². The number of rotatable bonds is 7. The Morgan fingerprint density at radius 2 is 1.79 bits per heavy atom. The number of likely N-dealkylation sites (tertiary alicyclic amines) is 1. The van der Waals surface area contributed by atoms with Gasteiger partial charge in [0.25, 0.3) is 5.91 Å². The Balaban J connectivity index is 2.04. The Morgan fingerprint density at radius 3 is 2.34 bits per heavy atom. The number of amides is 3. The van der Waals surface area contributed by atoms with E-state index in [-0.39, 0.29) is 29.1 Å². The lowest BCUT2D eigenvalue weighted by molar-refractivity contribution is -0.134. The summed E-state index contributed by atoms with van der Waals surface area (Å²) in [4.78, 5) is 39.7. The first-order valence-electron chi connectivity index (χ1n) is 10.2. The quantitative estimate of drug-likeness (QED) is 0.692. The molecule has 158 valence electrons. The predicted octanol–water partition coefficient (Wildman–Crippen LogP) is 2.76. The molecule has 2 rings (SSSR count). The largest absolute Gasteiger partial charge is 0.351 e. The number of carbonyl (C=O) groups is 3. The van der Waals surface area contributed by atoms with Gasteiger partial charge in [0.1, 0.15) is 6.04 Å². The highest BCUT2D eigenvalue weighted by molar-refractivity contribution is 5.97. The summed E-state index contributed by atoms with van der Waals surface area (Å²) in [6.45, 7) is 11.3. The molecule has 0 aliphatic carbocycles. The first kappa shape index (κ1) is 22.7. The Bertz CT molecular complexity index is 717. The van der Waals surface area contributed by atoms with Gasteiger partial charge in [-0.15, -0.1) is 6.58 Å². The molecule has 0 bridgehead atoms. The van der Waals surface area contributed by atoms with Crippen LogP contribution in [0.4, 0.5) is 0 Å². The van der Waals surface area contributed by atoms with Crippen molar-refractivity contribution in [3.8, 4) is 0 Å². The van der Waals surface area contributed by atoms with Crippen molar-refractivity contribution >= 4 is 17.7 Å². The molecule has 6 heteroatoms. The zero-order valence-electron chi connectivity index (χ0n) is 17.7. The Labute approximate surface area is 173 Å². The number of nitrogens with zero attached hydrogens (tertiary/aromatic N) is 1. The van der Waals surface area contributed by atoms with Gasteiger partial charge in [0.2, 0.25) is 11.8 Å². The molecule has 2 N–H and O–H groups in total. The normalized spacial score (nSPS) is 16.0. The first-order chi connectivity index (χ1) is 13.7. The zero-order valence-corrected chi connectivity index (χ0v) is 17.7. The van der Waals surface area contributed by atoms with Crippen molar-refractivity contribution in [1.29, 1.82) is 0 Å². The van der Waals surface area contributed by atoms with E-state index in [0.29, 0.717) is 44.5 Å². The maximum absolute atomic E-state index is 12.7. The van der Waals surface area contributed by atoms with Crippen LogP contribution in [-0.4, -0.2) is 48.3 Å². The van der Waals surface area contributed by atoms with Crippen LogP contribution in [0, 0.1) is 11.3 Å². The van der Waals surface area contributed by atoms with E-state index < -0.39 is 6.04 Å². The number of piperidine rings is 1. The summed E-state index contributed by atoms with van der Waals surface area (Å²) in [6.07, 6.45) is 3.47. The molecular formula is C23H33N3O3. The third-order valence-corrected chi connectivity index (χ3v) is 5.07. The van der Waals surface area contributed by atoms with Crippen LogP contribution in [0.5, 0.6) is 0 Å². The van der Waals surface area contributed by atoms with E-state index in [1.54, 1.807) is 30.3 Å². The van der Waals surface area contributed by atoms with Crippen molar-refractivity contribution in [2.24, 2.45) is 11.3 Å². The van der Waals surface area contributed by atoms with Crippen LogP contribution in [0.15, 0.2) is 43.0 Å². The van der Waals surface area contributed by atoms with Gasteiger partial charge in [0.05, 0.1) is 0 Å². The topological polar surface area (TPSA) is 78.5 Å². The molecule has 0 unspecified atom stereocenters. The lowest BCUT2D eigenvalue weighted by atomic mass is 9.87. The number of hydrogen-bond donors (Lipinski definition) is 2. The highest BCUT2D eigenvalue weighted by Gasteiger charge is 2.34. The summed E-state index contributed by atoms with van der Waals surface area (Å²) in [5.74, 6) is -0.354. The number of benzene rings is 1. The molecule has 1 aromatic carbocycles. The molecular weight excluding hydrogens is 366 g/mol. The van der Waals surface area contributed by atoms with Crippen molar-refractivity contribution in [1.82, 2.24) is 15.5 Å². The minimum absolute atomic E-state index is 0.0221. The van der Waals surface area contributed by atoms with Crippen LogP contribution in [0.25, 0.3) is 0 Å². The van der Waals surface area contributed by atoms with Crippen LogP contribution in [0.3, 0.4) is 0 Å². The van der Waals surface area contributed by atoms with E-state index in [9.17, 15) is 14.4 Å². The van der Waals surface area contributed by atoms with Crippen molar-refractivity contribution in [2.75, 3.05) is 19.6 Å². The van der Waals surface area contributed by atoms with Gasteiger partial charge in [0, 0.05) is 31.6 Å². The van der Waals surface area contributed by atoms with Gasteiger partial charge in [-0.1, -0.05) is 45.0 Å². The van der Waals surface area contributed by atoms with Gasteiger partial charge in [-0.05, 0) is 36.3 Å². The molecule has 1 fully saturated rings. The fourth-order valence-electron chi connectivity index (χ4n) is 3.54. The van der Waals surface area contributed by atoms with Crippen LogP contribution in [0.1, 0.15) is 50.4 Å². The number of nitrogens with one attached hydrogen (secondary N) is 2. The average molecular weight is 400 g/mol. The van der Waals surface area contributed by atoms with Gasteiger partial charge in [0.15, 0.2) is 0 Å². The van der Waals surface area contributed by atoms with Crippen molar-refractivity contribution < 1.29 is 14.4 Å². The molecule has 29 heavy (non-hydrogen) atoms. The molecule has 1 atom stereocenters. The standard InChI is InChI=1S/C23H33N3O3/c1-5-13-24-22(29)20(25-21(28)18-9-7-6-8-10-18)17-11-14-26(15-12-17)19(27)16-23(2,3)4/h5-10,17,20H,1,11-16H2,2-4H3,(H,24,29)(H,25,28)/t20-/m0/s1. The fourth-order valence-corrected chi connectivity index (χ4v) is 3.54. The van der Waals surface area contributed by atoms with Gasteiger partial charge in [-0.25, -0.2) is 0 Å². The zero-order chi connectivity index (χ0) is 21.4. The van der Waals surface area contributed by atoms with E-state index in [2.05, 4.69) is 38.0 Å². The van der Waals surface area contributed by atoms with Crippen molar-refractivity contribution in [3.63, 3.8) is 0 Å². The highest BCUT2D eigenvalue weighted by Crippen LogP contribution is 2.25. The summed E-state index contributed by atoms with van der Waals surface area (Å²) in [7, 11) is 0. The third-order valence-electron chi connectivity index (χ3n) is 5.07. The smallest absolute Gasteiger partial charge is 0.251 e. The van der Waals surface area contributed by atoms with Gasteiger partial charge in [-0.2, -0.15) is 0 Å².